The minimum atomic E-state index is -3.57. The maximum atomic E-state index is 12.1. The van der Waals surface area contributed by atoms with Crippen molar-refractivity contribution in [2.24, 2.45) is 0 Å². The number of anilines is 4. The van der Waals surface area contributed by atoms with Crippen molar-refractivity contribution in [3.63, 3.8) is 0 Å². The lowest BCUT2D eigenvalue weighted by molar-refractivity contribution is 0.122. The minimum Gasteiger partial charge on any atom is -0.378 e. The highest BCUT2D eigenvalue weighted by Crippen LogP contribution is 2.39. The first-order chi connectivity index (χ1) is 19.8. The Kier molecular flexibility index (Phi) is 6.75. The van der Waals surface area contributed by atoms with Crippen LogP contribution in [0.4, 0.5) is 23.4 Å². The van der Waals surface area contributed by atoms with Gasteiger partial charge >= 0.3 is 0 Å². The molecule has 0 bridgehead atoms. The molecule has 0 aliphatic carbocycles. The monoisotopic (exact) mass is 597 g/mol. The van der Waals surface area contributed by atoms with Crippen LogP contribution in [-0.2, 0) is 14.8 Å². The quantitative estimate of drug-likeness (QED) is 0.353. The van der Waals surface area contributed by atoms with Crippen LogP contribution in [0.2, 0.25) is 5.02 Å². The van der Waals surface area contributed by atoms with Crippen molar-refractivity contribution >= 4 is 61.6 Å². The SMILES string of the molecule is CS(=O)(=O)Nc1nc(N2CCCC[C@@H]2c2cc3nc(N4CCC4)cc(N4CCOCC4)n3n2)c2cc(Cl)ccc2n1. The van der Waals surface area contributed by atoms with Crippen molar-refractivity contribution in [2.75, 3.05) is 71.6 Å². The Hall–Kier alpha value is -3.42. The molecule has 14 heteroatoms. The number of hydrogen-bond donors (Lipinski definition) is 1. The Bertz CT molecular complexity index is 1720. The first kappa shape index (κ1) is 26.5. The van der Waals surface area contributed by atoms with Crippen LogP contribution in [0.25, 0.3) is 16.6 Å². The number of nitrogens with one attached hydrogen (secondary N) is 1. The predicted molar refractivity (Wildman–Crippen MR) is 160 cm³/mol. The van der Waals surface area contributed by atoms with Crippen LogP contribution < -0.4 is 19.4 Å². The lowest BCUT2D eigenvalue weighted by Gasteiger charge is -2.36. The molecular weight excluding hydrogens is 566 g/mol. The molecule has 1 aromatic carbocycles. The minimum absolute atomic E-state index is 0.0344. The van der Waals surface area contributed by atoms with E-state index in [0.29, 0.717) is 29.6 Å². The van der Waals surface area contributed by atoms with E-state index in [-0.39, 0.29) is 12.0 Å². The number of aromatic nitrogens is 5. The number of nitrogens with zero attached hydrogens (tertiary/aromatic N) is 8. The molecule has 3 aromatic heterocycles. The summed E-state index contributed by atoms with van der Waals surface area (Å²) in [6.45, 7) is 5.71. The second-order valence-corrected chi connectivity index (χ2v) is 13.0. The van der Waals surface area contributed by atoms with Crippen LogP contribution in [0.15, 0.2) is 30.3 Å². The van der Waals surface area contributed by atoms with E-state index in [9.17, 15) is 8.42 Å². The van der Waals surface area contributed by atoms with Crippen LogP contribution in [0, 0.1) is 0 Å². The molecule has 0 unspecified atom stereocenters. The standard InChI is InChI=1S/C27H32ClN9O3S/c1-41(38,39)33-27-29-20-7-6-18(28)15-19(20)26(31-27)36-10-3-2-5-22(36)21-16-24-30-23(34-8-4-9-34)17-25(37(24)32-21)35-11-13-40-14-12-35/h6-7,15-17,22H,2-5,8-14H2,1H3,(H,29,31,33)/t22-/m1/s1. The molecule has 216 valence electrons. The van der Waals surface area contributed by atoms with Gasteiger partial charge in [-0.1, -0.05) is 11.6 Å². The van der Waals surface area contributed by atoms with Gasteiger partial charge in [-0.25, -0.2) is 18.4 Å². The first-order valence-corrected chi connectivity index (χ1v) is 16.3. The van der Waals surface area contributed by atoms with E-state index in [1.807, 2.05) is 10.6 Å². The second-order valence-electron chi connectivity index (χ2n) is 10.9. The van der Waals surface area contributed by atoms with Gasteiger partial charge in [-0.15, -0.1) is 0 Å². The fraction of sp³-hybridized carbons (Fsp3) is 0.481. The fourth-order valence-electron chi connectivity index (χ4n) is 5.86. The molecule has 41 heavy (non-hydrogen) atoms. The molecule has 3 aliphatic heterocycles. The topological polar surface area (TPSA) is 121 Å². The molecule has 0 spiro atoms. The lowest BCUT2D eigenvalue weighted by atomic mass is 9.99. The van der Waals surface area contributed by atoms with Crippen LogP contribution in [0.1, 0.15) is 37.4 Å². The number of halogens is 1. The number of hydrogen-bond acceptors (Lipinski definition) is 10. The zero-order valence-electron chi connectivity index (χ0n) is 22.8. The van der Waals surface area contributed by atoms with Gasteiger partial charge in [0, 0.05) is 55.3 Å². The highest BCUT2D eigenvalue weighted by Gasteiger charge is 2.31. The van der Waals surface area contributed by atoms with Crippen LogP contribution >= 0.6 is 11.6 Å². The Morgan fingerprint density at radius 2 is 1.78 bits per heavy atom. The summed E-state index contributed by atoms with van der Waals surface area (Å²) < 4.78 is 34.2. The van der Waals surface area contributed by atoms with Gasteiger partial charge in [-0.05, 0) is 43.9 Å². The zero-order valence-corrected chi connectivity index (χ0v) is 24.4. The fourth-order valence-corrected chi connectivity index (χ4v) is 6.45. The van der Waals surface area contributed by atoms with E-state index in [4.69, 9.17) is 31.4 Å². The number of benzene rings is 1. The summed E-state index contributed by atoms with van der Waals surface area (Å²) in [5, 5.41) is 6.47. The van der Waals surface area contributed by atoms with Crippen molar-refractivity contribution in [1.29, 1.82) is 0 Å². The average Bonchev–Trinajstić information content (AvgIpc) is 3.35. The maximum Gasteiger partial charge on any atom is 0.239 e. The molecule has 12 nitrogen and oxygen atoms in total. The van der Waals surface area contributed by atoms with E-state index in [0.717, 1.165) is 86.6 Å². The second kappa shape index (κ2) is 10.4. The normalized spacial score (nSPS) is 20.0. The predicted octanol–water partition coefficient (Wildman–Crippen LogP) is 3.48. The van der Waals surface area contributed by atoms with Crippen LogP contribution in [0.3, 0.4) is 0 Å². The van der Waals surface area contributed by atoms with Crippen LogP contribution in [-0.4, -0.2) is 85.2 Å². The third-order valence-electron chi connectivity index (χ3n) is 7.96. The lowest BCUT2D eigenvalue weighted by Crippen LogP contribution is -2.40. The summed E-state index contributed by atoms with van der Waals surface area (Å²) in [5.74, 6) is 2.66. The molecule has 1 atom stereocenters. The van der Waals surface area contributed by atoms with Gasteiger partial charge in [0.25, 0.3) is 0 Å². The Labute approximate surface area is 243 Å². The summed E-state index contributed by atoms with van der Waals surface area (Å²) in [4.78, 5) is 21.0. The van der Waals surface area contributed by atoms with Gasteiger partial charge in [-0.3, -0.25) is 4.72 Å². The number of morpholine rings is 1. The van der Waals surface area contributed by atoms with Crippen molar-refractivity contribution in [3.8, 4) is 0 Å². The van der Waals surface area contributed by atoms with E-state index >= 15 is 0 Å². The molecular formula is C27H32ClN9O3S. The molecule has 7 rings (SSSR count). The zero-order chi connectivity index (χ0) is 28.1. The van der Waals surface area contributed by atoms with Gasteiger partial charge in [0.15, 0.2) is 5.65 Å². The summed E-state index contributed by atoms with van der Waals surface area (Å²) in [7, 11) is -3.57. The molecule has 6 heterocycles. The van der Waals surface area contributed by atoms with Gasteiger partial charge in [-0.2, -0.15) is 14.6 Å². The van der Waals surface area contributed by atoms with Crippen LogP contribution in [0.5, 0.6) is 0 Å². The van der Waals surface area contributed by atoms with E-state index < -0.39 is 10.0 Å². The van der Waals surface area contributed by atoms with Crippen molar-refractivity contribution in [3.05, 3.63) is 41.0 Å². The Morgan fingerprint density at radius 1 is 0.951 bits per heavy atom. The number of rotatable bonds is 6. The van der Waals surface area contributed by atoms with E-state index in [1.54, 1.807) is 12.1 Å². The van der Waals surface area contributed by atoms with Crippen molar-refractivity contribution in [2.45, 2.75) is 31.7 Å². The molecule has 0 saturated carbocycles. The third-order valence-corrected chi connectivity index (χ3v) is 8.75. The molecule has 3 aliphatic rings. The number of ether oxygens (including phenoxy) is 1. The molecule has 3 fully saturated rings. The molecule has 0 amide bonds. The van der Waals surface area contributed by atoms with Gasteiger partial charge in [0.1, 0.15) is 17.5 Å². The Balaban J connectivity index is 1.34. The smallest absolute Gasteiger partial charge is 0.239 e. The van der Waals surface area contributed by atoms with Gasteiger partial charge in [0.2, 0.25) is 16.0 Å². The Morgan fingerprint density at radius 3 is 2.54 bits per heavy atom. The number of piperidine rings is 1. The maximum absolute atomic E-state index is 12.1. The first-order valence-electron chi connectivity index (χ1n) is 14.0. The number of sulfonamides is 1. The summed E-state index contributed by atoms with van der Waals surface area (Å²) in [5.41, 5.74) is 2.32. The number of fused-ring (bicyclic) bond motifs is 2. The summed E-state index contributed by atoms with van der Waals surface area (Å²) >= 11 is 6.40. The highest BCUT2D eigenvalue weighted by molar-refractivity contribution is 7.92. The summed E-state index contributed by atoms with van der Waals surface area (Å²) in [6, 6.07) is 9.52. The largest absolute Gasteiger partial charge is 0.378 e. The average molecular weight is 598 g/mol. The van der Waals surface area contributed by atoms with E-state index in [1.165, 1.54) is 6.42 Å². The molecule has 3 saturated heterocycles. The molecule has 4 aromatic rings. The highest BCUT2D eigenvalue weighted by atomic mass is 35.5. The van der Waals surface area contributed by atoms with Gasteiger partial charge < -0.3 is 19.4 Å². The molecule has 0 radical (unpaired) electrons. The summed E-state index contributed by atoms with van der Waals surface area (Å²) in [6.07, 6.45) is 5.15. The van der Waals surface area contributed by atoms with Gasteiger partial charge in [0.05, 0.1) is 36.7 Å². The molecule has 1 N–H and O–H groups in total. The van der Waals surface area contributed by atoms with Crippen molar-refractivity contribution in [1.82, 2.24) is 24.6 Å². The van der Waals surface area contributed by atoms with E-state index in [2.05, 4.69) is 36.5 Å². The third kappa shape index (κ3) is 5.22. The van der Waals surface area contributed by atoms with Crippen molar-refractivity contribution < 1.29 is 13.2 Å².